The Morgan fingerprint density at radius 3 is 1.57 bits per heavy atom. The molecule has 2 unspecified atom stereocenters. The van der Waals surface area contributed by atoms with Crippen LogP contribution < -0.4 is 0 Å². The molecule has 0 rings (SSSR count). The van der Waals surface area contributed by atoms with Crippen LogP contribution in [0.15, 0.2) is 0 Å². The molecule has 168 valence electrons. The quantitative estimate of drug-likeness (QED) is 0.238. The summed E-state index contributed by atoms with van der Waals surface area (Å²) in [6.45, 7) is 14.4. The maximum atomic E-state index is 13.2. The Balaban J connectivity index is 5.30. The fourth-order valence-electron chi connectivity index (χ4n) is 3.52. The van der Waals surface area contributed by atoms with Crippen LogP contribution >= 0.6 is 7.60 Å². The minimum absolute atomic E-state index is 0.0878. The SMILES string of the molecule is CCCCC(CC)CN(CC(CC)CCCC)C(=O)CP(=O)(OCC)OCC. The zero-order chi connectivity index (χ0) is 21.4. The Bertz CT molecular complexity index is 416. The van der Waals surface area contributed by atoms with E-state index >= 15 is 0 Å². The first-order chi connectivity index (χ1) is 13.4. The highest BCUT2D eigenvalue weighted by Crippen LogP contribution is 2.48. The molecule has 0 fully saturated rings. The second kappa shape index (κ2) is 16.4. The van der Waals surface area contributed by atoms with Crippen LogP contribution in [0.2, 0.25) is 0 Å². The molecular formula is C22H46NO4P. The first kappa shape index (κ1) is 27.6. The van der Waals surface area contributed by atoms with Crippen molar-refractivity contribution < 1.29 is 18.4 Å². The first-order valence-corrected chi connectivity index (χ1v) is 13.3. The third-order valence-electron chi connectivity index (χ3n) is 5.38. The van der Waals surface area contributed by atoms with Gasteiger partial charge in [-0.2, -0.15) is 0 Å². The summed E-state index contributed by atoms with van der Waals surface area (Å²) >= 11 is 0. The zero-order valence-corrected chi connectivity index (χ0v) is 20.3. The second-order valence-corrected chi connectivity index (χ2v) is 9.79. The van der Waals surface area contributed by atoms with Crippen LogP contribution in [0.25, 0.3) is 0 Å². The van der Waals surface area contributed by atoms with Crippen LogP contribution in [-0.2, 0) is 18.4 Å². The van der Waals surface area contributed by atoms with Crippen molar-refractivity contribution >= 4 is 13.5 Å². The second-order valence-electron chi connectivity index (χ2n) is 7.74. The van der Waals surface area contributed by atoms with Crippen molar-refractivity contribution in [3.63, 3.8) is 0 Å². The van der Waals surface area contributed by atoms with E-state index in [1.54, 1.807) is 13.8 Å². The van der Waals surface area contributed by atoms with Gasteiger partial charge in [-0.25, -0.2) is 0 Å². The summed E-state index contributed by atoms with van der Waals surface area (Å²) in [6, 6.07) is 0. The van der Waals surface area contributed by atoms with Gasteiger partial charge >= 0.3 is 7.60 Å². The van der Waals surface area contributed by atoms with E-state index in [1.807, 2.05) is 4.90 Å². The van der Waals surface area contributed by atoms with E-state index in [4.69, 9.17) is 9.05 Å². The van der Waals surface area contributed by atoms with Gasteiger partial charge in [0.15, 0.2) is 0 Å². The van der Waals surface area contributed by atoms with Crippen LogP contribution in [-0.4, -0.2) is 43.3 Å². The van der Waals surface area contributed by atoms with E-state index in [2.05, 4.69) is 27.7 Å². The lowest BCUT2D eigenvalue weighted by molar-refractivity contribution is -0.130. The maximum absolute atomic E-state index is 13.2. The predicted molar refractivity (Wildman–Crippen MR) is 119 cm³/mol. The number of carbonyl (C=O) groups is 1. The van der Waals surface area contributed by atoms with Crippen molar-refractivity contribution in [2.45, 2.75) is 92.9 Å². The number of carbonyl (C=O) groups excluding carboxylic acids is 1. The Morgan fingerprint density at radius 1 is 0.821 bits per heavy atom. The van der Waals surface area contributed by atoms with Crippen LogP contribution in [0.5, 0.6) is 0 Å². The molecule has 0 aliphatic rings. The van der Waals surface area contributed by atoms with Crippen molar-refractivity contribution in [2.75, 3.05) is 32.5 Å². The molecule has 28 heavy (non-hydrogen) atoms. The van der Waals surface area contributed by atoms with Crippen LogP contribution in [0.4, 0.5) is 0 Å². The lowest BCUT2D eigenvalue weighted by atomic mass is 9.95. The highest BCUT2D eigenvalue weighted by Gasteiger charge is 2.31. The van der Waals surface area contributed by atoms with Gasteiger partial charge in [-0.05, 0) is 38.5 Å². The topological polar surface area (TPSA) is 55.8 Å². The van der Waals surface area contributed by atoms with E-state index in [0.29, 0.717) is 11.8 Å². The molecular weight excluding hydrogens is 373 g/mol. The average Bonchev–Trinajstić information content (AvgIpc) is 2.66. The summed E-state index contributed by atoms with van der Waals surface area (Å²) in [4.78, 5) is 15.1. The van der Waals surface area contributed by atoms with Gasteiger partial charge < -0.3 is 13.9 Å². The molecule has 5 nitrogen and oxygen atoms in total. The molecule has 0 aliphatic carbocycles. The van der Waals surface area contributed by atoms with E-state index in [9.17, 15) is 9.36 Å². The largest absolute Gasteiger partial charge is 0.342 e. The fourth-order valence-corrected chi connectivity index (χ4v) is 5.10. The molecule has 0 heterocycles. The minimum atomic E-state index is -3.37. The monoisotopic (exact) mass is 419 g/mol. The van der Waals surface area contributed by atoms with Gasteiger partial charge in [0.05, 0.1) is 13.2 Å². The third kappa shape index (κ3) is 11.6. The Hall–Kier alpha value is -0.380. The number of hydrogen-bond donors (Lipinski definition) is 0. The van der Waals surface area contributed by atoms with Crippen LogP contribution in [0, 0.1) is 11.8 Å². The molecule has 1 amide bonds. The number of nitrogens with zero attached hydrogens (tertiary/aromatic N) is 1. The average molecular weight is 420 g/mol. The summed E-state index contributed by atoms with van der Waals surface area (Å²) < 4.78 is 23.6. The lowest BCUT2D eigenvalue weighted by Crippen LogP contribution is -2.40. The van der Waals surface area contributed by atoms with Crippen molar-refractivity contribution in [3.05, 3.63) is 0 Å². The number of amides is 1. The van der Waals surface area contributed by atoms with Gasteiger partial charge in [-0.1, -0.05) is 66.2 Å². The van der Waals surface area contributed by atoms with Crippen LogP contribution in [0.1, 0.15) is 92.9 Å². The van der Waals surface area contributed by atoms with Gasteiger partial charge in [-0.15, -0.1) is 0 Å². The highest BCUT2D eigenvalue weighted by molar-refractivity contribution is 7.54. The fraction of sp³-hybridized carbons (Fsp3) is 0.955. The summed E-state index contributed by atoms with van der Waals surface area (Å²) in [5, 5.41) is 0. The predicted octanol–water partition coefficient (Wildman–Crippen LogP) is 6.51. The van der Waals surface area contributed by atoms with E-state index in [-0.39, 0.29) is 25.3 Å². The normalized spacial score (nSPS) is 14.1. The molecule has 0 aromatic rings. The van der Waals surface area contributed by atoms with Gasteiger partial charge in [-0.3, -0.25) is 9.36 Å². The Morgan fingerprint density at radius 2 is 1.25 bits per heavy atom. The molecule has 0 saturated heterocycles. The van der Waals surface area contributed by atoms with Crippen LogP contribution in [0.3, 0.4) is 0 Å². The molecule has 0 N–H and O–H groups in total. The van der Waals surface area contributed by atoms with Gasteiger partial charge in [0.2, 0.25) is 5.91 Å². The summed E-state index contributed by atoms with van der Waals surface area (Å²) in [7, 11) is -3.37. The van der Waals surface area contributed by atoms with E-state index in [0.717, 1.165) is 38.8 Å². The van der Waals surface area contributed by atoms with Gasteiger partial charge in [0.1, 0.15) is 6.16 Å². The number of hydrogen-bond acceptors (Lipinski definition) is 4. The Labute approximate surface area is 174 Å². The van der Waals surface area contributed by atoms with Gasteiger partial charge in [0.25, 0.3) is 0 Å². The summed E-state index contributed by atoms with van der Waals surface area (Å²) in [6.07, 6.45) is 8.95. The molecule has 6 heteroatoms. The molecule has 2 atom stereocenters. The lowest BCUT2D eigenvalue weighted by Gasteiger charge is -2.31. The Kier molecular flexibility index (Phi) is 16.2. The van der Waals surface area contributed by atoms with Crippen molar-refractivity contribution in [3.8, 4) is 0 Å². The molecule has 0 aromatic carbocycles. The minimum Gasteiger partial charge on any atom is -0.342 e. The highest BCUT2D eigenvalue weighted by atomic mass is 31.2. The van der Waals surface area contributed by atoms with Crippen molar-refractivity contribution in [1.29, 1.82) is 0 Å². The standard InChI is InChI=1S/C22H46NO4P/c1-7-13-15-20(9-3)17-23(18-21(10-4)16-14-8-2)22(24)19-28(25,26-11-5)27-12-6/h20-21H,7-19H2,1-6H3. The maximum Gasteiger partial charge on any atom is 0.340 e. The number of unbranched alkanes of at least 4 members (excludes halogenated alkanes) is 2. The van der Waals surface area contributed by atoms with Crippen molar-refractivity contribution in [2.24, 2.45) is 11.8 Å². The third-order valence-corrected chi connectivity index (χ3v) is 7.34. The molecule has 0 radical (unpaired) electrons. The zero-order valence-electron chi connectivity index (χ0n) is 19.4. The molecule has 0 aromatic heterocycles. The van der Waals surface area contributed by atoms with E-state index < -0.39 is 7.60 Å². The molecule has 0 aliphatic heterocycles. The molecule has 0 spiro atoms. The number of rotatable bonds is 18. The van der Waals surface area contributed by atoms with E-state index in [1.165, 1.54) is 25.7 Å². The molecule has 0 saturated carbocycles. The smallest absolute Gasteiger partial charge is 0.340 e. The van der Waals surface area contributed by atoms with Gasteiger partial charge in [0, 0.05) is 13.1 Å². The molecule has 0 bridgehead atoms. The summed E-state index contributed by atoms with van der Waals surface area (Å²) in [5.41, 5.74) is 0. The van der Waals surface area contributed by atoms with Crippen molar-refractivity contribution in [1.82, 2.24) is 4.90 Å². The first-order valence-electron chi connectivity index (χ1n) is 11.5. The summed E-state index contributed by atoms with van der Waals surface area (Å²) in [5.74, 6) is 0.896.